The third kappa shape index (κ3) is 2.85. The average Bonchev–Trinajstić information content (AvgIpc) is 2.47. The molecule has 1 heterocycles. The molecule has 5 heteroatoms. The van der Waals surface area contributed by atoms with Gasteiger partial charge in [-0.2, -0.15) is 0 Å². The van der Waals surface area contributed by atoms with Gasteiger partial charge < -0.3 is 4.42 Å². The fourth-order valence-electron chi connectivity index (χ4n) is 1.93. The molecule has 3 rings (SSSR count). The zero-order valence-corrected chi connectivity index (χ0v) is 11.5. The molecule has 0 fully saturated rings. The molecule has 0 atom stereocenters. The first-order valence-electron chi connectivity index (χ1n) is 6.16. The molecule has 3 nitrogen and oxygen atoms in total. The zero-order valence-electron chi connectivity index (χ0n) is 10.7. The third-order valence-corrected chi connectivity index (χ3v) is 3.15. The fourth-order valence-corrected chi connectivity index (χ4v) is 2.13. The number of nitrogens with zero attached hydrogens (tertiary/aromatic N) is 1. The van der Waals surface area contributed by atoms with Crippen LogP contribution in [0.4, 0.5) is 4.39 Å². The Balaban J connectivity index is 2.09. The van der Waals surface area contributed by atoms with Crippen molar-refractivity contribution in [2.45, 2.75) is 0 Å². The van der Waals surface area contributed by atoms with Gasteiger partial charge in [0.2, 0.25) is 5.89 Å². The molecule has 0 bridgehead atoms. The van der Waals surface area contributed by atoms with E-state index in [4.69, 9.17) is 16.0 Å². The standard InChI is InChI=1S/C16H9ClFNO2/c17-13(9-10-4-3-5-11(18)8-10)15-19-14-7-2-1-6-12(14)16(20)21-15/h1-9H/b13-9-. The van der Waals surface area contributed by atoms with Crippen LogP contribution in [0.15, 0.2) is 57.7 Å². The number of fused-ring (bicyclic) bond motifs is 1. The van der Waals surface area contributed by atoms with Crippen molar-refractivity contribution in [3.05, 3.63) is 76.2 Å². The van der Waals surface area contributed by atoms with Crippen LogP contribution < -0.4 is 5.63 Å². The Bertz CT molecular complexity index is 902. The summed E-state index contributed by atoms with van der Waals surface area (Å²) in [5.41, 5.74) is 0.536. The van der Waals surface area contributed by atoms with E-state index in [0.29, 0.717) is 16.5 Å². The molecule has 0 aliphatic carbocycles. The molecule has 104 valence electrons. The first kappa shape index (κ1) is 13.5. The maximum Gasteiger partial charge on any atom is 0.347 e. The smallest absolute Gasteiger partial charge is 0.347 e. The summed E-state index contributed by atoms with van der Waals surface area (Å²) in [6.07, 6.45) is 1.49. The van der Waals surface area contributed by atoms with Crippen molar-refractivity contribution in [1.82, 2.24) is 4.98 Å². The monoisotopic (exact) mass is 301 g/mol. The normalized spacial score (nSPS) is 11.8. The first-order valence-corrected chi connectivity index (χ1v) is 6.54. The minimum Gasteiger partial charge on any atom is -0.402 e. The Labute approximate surface area is 124 Å². The van der Waals surface area contributed by atoms with Crippen LogP contribution in [0.25, 0.3) is 22.0 Å². The van der Waals surface area contributed by atoms with Crippen molar-refractivity contribution in [2.24, 2.45) is 0 Å². The lowest BCUT2D eigenvalue weighted by molar-refractivity contribution is 0.489. The number of rotatable bonds is 2. The number of hydrogen-bond acceptors (Lipinski definition) is 3. The minimum atomic E-state index is -0.513. The Morgan fingerprint density at radius 3 is 2.81 bits per heavy atom. The second-order valence-electron chi connectivity index (χ2n) is 4.37. The van der Waals surface area contributed by atoms with Crippen LogP contribution in [-0.4, -0.2) is 4.98 Å². The number of para-hydroxylation sites is 1. The second-order valence-corrected chi connectivity index (χ2v) is 4.78. The largest absolute Gasteiger partial charge is 0.402 e. The van der Waals surface area contributed by atoms with Crippen LogP contribution in [0.3, 0.4) is 0 Å². The van der Waals surface area contributed by atoms with Crippen LogP contribution in [0.5, 0.6) is 0 Å². The Morgan fingerprint density at radius 1 is 1.19 bits per heavy atom. The molecule has 0 aliphatic rings. The summed E-state index contributed by atoms with van der Waals surface area (Å²) in [5.74, 6) is -0.370. The maximum atomic E-state index is 13.1. The summed E-state index contributed by atoms with van der Waals surface area (Å²) in [7, 11) is 0. The van der Waals surface area contributed by atoms with Gasteiger partial charge >= 0.3 is 5.63 Å². The van der Waals surface area contributed by atoms with Gasteiger partial charge in [0, 0.05) is 0 Å². The van der Waals surface area contributed by atoms with Crippen molar-refractivity contribution in [1.29, 1.82) is 0 Å². The molecule has 0 radical (unpaired) electrons. The van der Waals surface area contributed by atoms with E-state index in [1.165, 1.54) is 18.2 Å². The Hall–Kier alpha value is -2.46. The molecule has 0 unspecified atom stereocenters. The lowest BCUT2D eigenvalue weighted by Crippen LogP contribution is -2.03. The van der Waals surface area contributed by atoms with E-state index in [2.05, 4.69) is 4.98 Å². The van der Waals surface area contributed by atoms with Crippen molar-refractivity contribution < 1.29 is 8.81 Å². The van der Waals surface area contributed by atoms with E-state index < -0.39 is 5.63 Å². The molecule has 0 N–H and O–H groups in total. The minimum absolute atomic E-state index is 0.00429. The molecule has 3 aromatic rings. The van der Waals surface area contributed by atoms with Crippen LogP contribution in [0.1, 0.15) is 11.5 Å². The molecule has 0 amide bonds. The van der Waals surface area contributed by atoms with Gasteiger partial charge in [0.1, 0.15) is 10.8 Å². The van der Waals surface area contributed by atoms with E-state index in [1.54, 1.807) is 36.4 Å². The molecule has 1 aromatic heterocycles. The molecular formula is C16H9ClFNO2. The summed E-state index contributed by atoms with van der Waals surface area (Å²) in [6, 6.07) is 12.7. The molecule has 0 saturated carbocycles. The molecule has 2 aromatic carbocycles. The van der Waals surface area contributed by atoms with E-state index >= 15 is 0 Å². The van der Waals surface area contributed by atoms with E-state index in [1.807, 2.05) is 0 Å². The molecule has 21 heavy (non-hydrogen) atoms. The van der Waals surface area contributed by atoms with E-state index in [0.717, 1.165) is 0 Å². The van der Waals surface area contributed by atoms with Gasteiger partial charge in [-0.25, -0.2) is 14.2 Å². The highest BCUT2D eigenvalue weighted by atomic mass is 35.5. The summed E-state index contributed by atoms with van der Waals surface area (Å²) >= 11 is 6.11. The van der Waals surface area contributed by atoms with Crippen molar-refractivity contribution >= 4 is 33.6 Å². The highest BCUT2D eigenvalue weighted by molar-refractivity contribution is 6.50. The third-order valence-electron chi connectivity index (χ3n) is 2.88. The number of halogens is 2. The highest BCUT2D eigenvalue weighted by Crippen LogP contribution is 2.21. The summed E-state index contributed by atoms with van der Waals surface area (Å²) in [5, 5.41) is 0.514. The van der Waals surface area contributed by atoms with Crippen LogP contribution in [0, 0.1) is 5.82 Å². The van der Waals surface area contributed by atoms with E-state index in [-0.39, 0.29) is 16.7 Å². The van der Waals surface area contributed by atoms with Gasteiger partial charge in [-0.1, -0.05) is 35.9 Å². The quantitative estimate of drug-likeness (QED) is 0.717. The number of aromatic nitrogens is 1. The first-order chi connectivity index (χ1) is 10.1. The fraction of sp³-hybridized carbons (Fsp3) is 0. The average molecular weight is 302 g/mol. The van der Waals surface area contributed by atoms with E-state index in [9.17, 15) is 9.18 Å². The lowest BCUT2D eigenvalue weighted by Gasteiger charge is -2.00. The molecular weight excluding hydrogens is 293 g/mol. The highest BCUT2D eigenvalue weighted by Gasteiger charge is 2.09. The van der Waals surface area contributed by atoms with Gasteiger partial charge in [0.25, 0.3) is 0 Å². The zero-order chi connectivity index (χ0) is 14.8. The van der Waals surface area contributed by atoms with Crippen molar-refractivity contribution in [2.75, 3.05) is 0 Å². The Kier molecular flexibility index (Phi) is 3.54. The Morgan fingerprint density at radius 2 is 2.00 bits per heavy atom. The van der Waals surface area contributed by atoms with Gasteiger partial charge in [-0.15, -0.1) is 0 Å². The van der Waals surface area contributed by atoms with Crippen molar-refractivity contribution in [3.63, 3.8) is 0 Å². The molecule has 0 aliphatic heterocycles. The molecule has 0 saturated heterocycles. The predicted molar refractivity (Wildman–Crippen MR) is 80.4 cm³/mol. The summed E-state index contributed by atoms with van der Waals surface area (Å²) < 4.78 is 18.2. The van der Waals surface area contributed by atoms with Crippen LogP contribution in [0.2, 0.25) is 0 Å². The van der Waals surface area contributed by atoms with Gasteiger partial charge in [-0.3, -0.25) is 0 Å². The van der Waals surface area contributed by atoms with Crippen LogP contribution >= 0.6 is 11.6 Å². The SMILES string of the molecule is O=c1oc(/C(Cl)=C/c2cccc(F)c2)nc2ccccc12. The lowest BCUT2D eigenvalue weighted by atomic mass is 10.2. The predicted octanol–water partition coefficient (Wildman–Crippen LogP) is 4.06. The summed E-state index contributed by atoms with van der Waals surface area (Å²) in [6.45, 7) is 0. The summed E-state index contributed by atoms with van der Waals surface area (Å²) in [4.78, 5) is 16.1. The van der Waals surface area contributed by atoms with Gasteiger partial charge in [0.15, 0.2) is 0 Å². The van der Waals surface area contributed by atoms with Gasteiger partial charge in [0.05, 0.1) is 10.9 Å². The topological polar surface area (TPSA) is 43.1 Å². The van der Waals surface area contributed by atoms with Crippen molar-refractivity contribution in [3.8, 4) is 0 Å². The van der Waals surface area contributed by atoms with Gasteiger partial charge in [-0.05, 0) is 35.9 Å². The second kappa shape index (κ2) is 5.50. The number of hydrogen-bond donors (Lipinski definition) is 0. The molecule has 0 spiro atoms. The van der Waals surface area contributed by atoms with Crippen LogP contribution in [-0.2, 0) is 0 Å². The number of benzene rings is 2. The maximum absolute atomic E-state index is 13.1.